The van der Waals surface area contributed by atoms with Gasteiger partial charge in [0.25, 0.3) is 0 Å². The molecular formula is C17H26F2O3Si. The SMILES string of the molecule is CC(C)[Si](OCc1cc(F)c(C(=O)O)c(F)c1)(C(C)C)C(C)C. The fraction of sp³-hybridized carbons (Fsp3) is 0.588. The molecule has 23 heavy (non-hydrogen) atoms. The van der Waals surface area contributed by atoms with Crippen LogP contribution in [0.2, 0.25) is 16.6 Å². The number of hydrogen-bond acceptors (Lipinski definition) is 2. The molecule has 0 aliphatic rings. The van der Waals surface area contributed by atoms with Crippen molar-refractivity contribution in [3.8, 4) is 0 Å². The molecule has 1 aromatic rings. The highest BCUT2D eigenvalue weighted by molar-refractivity contribution is 6.77. The lowest BCUT2D eigenvalue weighted by Gasteiger charge is -2.42. The van der Waals surface area contributed by atoms with Crippen LogP contribution in [0.4, 0.5) is 8.78 Å². The van der Waals surface area contributed by atoms with E-state index in [2.05, 4.69) is 41.5 Å². The first-order chi connectivity index (χ1) is 10.5. The van der Waals surface area contributed by atoms with Gasteiger partial charge >= 0.3 is 5.97 Å². The first-order valence-electron chi connectivity index (χ1n) is 7.89. The largest absolute Gasteiger partial charge is 0.477 e. The summed E-state index contributed by atoms with van der Waals surface area (Å²) in [5.74, 6) is -3.74. The lowest BCUT2D eigenvalue weighted by molar-refractivity contribution is 0.0686. The van der Waals surface area contributed by atoms with Gasteiger partial charge in [0, 0.05) is 0 Å². The van der Waals surface area contributed by atoms with Crippen molar-refractivity contribution in [2.45, 2.75) is 64.8 Å². The zero-order chi connectivity index (χ0) is 17.9. The highest BCUT2D eigenvalue weighted by atomic mass is 28.4. The third-order valence-corrected chi connectivity index (χ3v) is 10.6. The predicted octanol–water partition coefficient (Wildman–Crippen LogP) is 5.36. The van der Waals surface area contributed by atoms with Crippen LogP contribution in [0.15, 0.2) is 12.1 Å². The Morgan fingerprint density at radius 1 is 1.04 bits per heavy atom. The molecule has 0 saturated carbocycles. The van der Waals surface area contributed by atoms with Crippen LogP contribution in [-0.2, 0) is 11.0 Å². The molecular weight excluding hydrogens is 318 g/mol. The highest BCUT2D eigenvalue weighted by Gasteiger charge is 2.45. The maximum atomic E-state index is 13.8. The van der Waals surface area contributed by atoms with Gasteiger partial charge in [-0.2, -0.15) is 0 Å². The maximum Gasteiger partial charge on any atom is 0.341 e. The number of aromatic carboxylic acids is 1. The van der Waals surface area contributed by atoms with Crippen LogP contribution < -0.4 is 0 Å². The van der Waals surface area contributed by atoms with Gasteiger partial charge in [0.15, 0.2) is 0 Å². The van der Waals surface area contributed by atoms with E-state index in [1.807, 2.05) is 0 Å². The van der Waals surface area contributed by atoms with Crippen LogP contribution in [0.25, 0.3) is 0 Å². The molecule has 0 bridgehead atoms. The van der Waals surface area contributed by atoms with Crippen molar-refractivity contribution in [3.05, 3.63) is 34.9 Å². The summed E-state index contributed by atoms with van der Waals surface area (Å²) in [5, 5.41) is 8.81. The average Bonchev–Trinajstić information content (AvgIpc) is 2.36. The third-order valence-electron chi connectivity index (χ3n) is 4.51. The highest BCUT2D eigenvalue weighted by Crippen LogP contribution is 2.42. The van der Waals surface area contributed by atoms with Gasteiger partial charge in [0.2, 0.25) is 8.32 Å². The Labute approximate surface area is 137 Å². The summed E-state index contributed by atoms with van der Waals surface area (Å²) in [7, 11) is -2.14. The Bertz CT molecular complexity index is 526. The van der Waals surface area contributed by atoms with Crippen LogP contribution in [0.5, 0.6) is 0 Å². The molecule has 0 unspecified atom stereocenters. The fourth-order valence-electron chi connectivity index (χ4n) is 3.62. The van der Waals surface area contributed by atoms with E-state index in [0.717, 1.165) is 12.1 Å². The zero-order valence-corrected chi connectivity index (χ0v) is 15.6. The van der Waals surface area contributed by atoms with Crippen molar-refractivity contribution >= 4 is 14.3 Å². The van der Waals surface area contributed by atoms with E-state index in [1.165, 1.54) is 0 Å². The third kappa shape index (κ3) is 3.98. The minimum Gasteiger partial charge on any atom is -0.477 e. The molecule has 0 aromatic heterocycles. The van der Waals surface area contributed by atoms with E-state index in [0.29, 0.717) is 22.2 Å². The molecule has 0 saturated heterocycles. The summed E-state index contributed by atoms with van der Waals surface area (Å²) in [6.07, 6.45) is 0. The van der Waals surface area contributed by atoms with E-state index < -0.39 is 31.5 Å². The molecule has 0 aliphatic heterocycles. The zero-order valence-electron chi connectivity index (χ0n) is 14.6. The van der Waals surface area contributed by atoms with Gasteiger partial charge in [-0.15, -0.1) is 0 Å². The number of halogens is 2. The summed E-state index contributed by atoms with van der Waals surface area (Å²) in [5.41, 5.74) is 0.471. The van der Waals surface area contributed by atoms with Gasteiger partial charge in [-0.25, -0.2) is 13.6 Å². The number of benzene rings is 1. The smallest absolute Gasteiger partial charge is 0.341 e. The van der Waals surface area contributed by atoms with Crippen molar-refractivity contribution in [1.82, 2.24) is 0 Å². The standard InChI is InChI=1S/C17H26F2O3Si/c1-10(2)23(11(3)4,12(5)6)22-9-13-7-14(18)16(17(20)21)15(19)8-13/h7-8,10-12H,9H2,1-6H3,(H,20,21). The van der Waals surface area contributed by atoms with Crippen LogP contribution in [0.1, 0.15) is 57.5 Å². The second-order valence-corrected chi connectivity index (χ2v) is 12.3. The molecule has 0 aliphatic carbocycles. The van der Waals surface area contributed by atoms with Gasteiger partial charge in [-0.3, -0.25) is 0 Å². The molecule has 0 atom stereocenters. The van der Waals surface area contributed by atoms with Crippen molar-refractivity contribution in [1.29, 1.82) is 0 Å². The topological polar surface area (TPSA) is 46.5 Å². The van der Waals surface area contributed by atoms with Crippen LogP contribution in [-0.4, -0.2) is 19.4 Å². The van der Waals surface area contributed by atoms with Gasteiger partial charge in [-0.05, 0) is 34.3 Å². The molecule has 0 heterocycles. The fourth-order valence-corrected chi connectivity index (χ4v) is 9.04. The first kappa shape index (κ1) is 19.8. The molecule has 6 heteroatoms. The molecule has 3 nitrogen and oxygen atoms in total. The van der Waals surface area contributed by atoms with E-state index >= 15 is 0 Å². The van der Waals surface area contributed by atoms with Crippen molar-refractivity contribution in [2.24, 2.45) is 0 Å². The molecule has 0 spiro atoms. The van der Waals surface area contributed by atoms with Crippen molar-refractivity contribution < 1.29 is 23.1 Å². The van der Waals surface area contributed by atoms with Crippen LogP contribution in [0.3, 0.4) is 0 Å². The Morgan fingerprint density at radius 2 is 1.43 bits per heavy atom. The summed E-state index contributed by atoms with van der Waals surface area (Å²) in [6.45, 7) is 12.8. The summed E-state index contributed by atoms with van der Waals surface area (Å²) in [6, 6.07) is 2.10. The van der Waals surface area contributed by atoms with Gasteiger partial charge in [-0.1, -0.05) is 41.5 Å². The second kappa shape index (κ2) is 7.53. The molecule has 0 amide bonds. The summed E-state index contributed by atoms with van der Waals surface area (Å²) < 4.78 is 33.9. The normalized spacial score (nSPS) is 12.5. The summed E-state index contributed by atoms with van der Waals surface area (Å²) >= 11 is 0. The van der Waals surface area contributed by atoms with E-state index in [1.54, 1.807) is 0 Å². The Hall–Kier alpha value is -1.27. The van der Waals surface area contributed by atoms with E-state index in [-0.39, 0.29) is 6.61 Å². The minimum absolute atomic E-state index is 0.0918. The second-order valence-electron chi connectivity index (χ2n) is 6.85. The van der Waals surface area contributed by atoms with Crippen molar-refractivity contribution in [3.63, 3.8) is 0 Å². The maximum absolute atomic E-state index is 13.8. The predicted molar refractivity (Wildman–Crippen MR) is 89.2 cm³/mol. The van der Waals surface area contributed by atoms with E-state index in [4.69, 9.17) is 9.53 Å². The van der Waals surface area contributed by atoms with Crippen LogP contribution >= 0.6 is 0 Å². The number of hydrogen-bond donors (Lipinski definition) is 1. The minimum atomic E-state index is -2.14. The first-order valence-corrected chi connectivity index (χ1v) is 10.0. The van der Waals surface area contributed by atoms with Gasteiger partial charge in [0.1, 0.15) is 17.2 Å². The Balaban J connectivity index is 3.10. The quantitative estimate of drug-likeness (QED) is 0.678. The molecule has 0 fully saturated rings. The lowest BCUT2D eigenvalue weighted by atomic mass is 10.1. The Morgan fingerprint density at radius 3 is 1.74 bits per heavy atom. The molecule has 1 aromatic carbocycles. The average molecular weight is 344 g/mol. The molecule has 0 radical (unpaired) electrons. The molecule has 130 valence electrons. The lowest BCUT2D eigenvalue weighted by Crippen LogP contribution is -2.47. The molecule has 1 rings (SSSR count). The molecule has 1 N–H and O–H groups in total. The van der Waals surface area contributed by atoms with Crippen LogP contribution in [0, 0.1) is 11.6 Å². The number of carbonyl (C=O) groups is 1. The summed E-state index contributed by atoms with van der Waals surface area (Å²) in [4.78, 5) is 10.8. The van der Waals surface area contributed by atoms with Gasteiger partial charge < -0.3 is 9.53 Å². The number of carboxylic acid groups (broad SMARTS) is 1. The Kier molecular flexibility index (Phi) is 6.47. The number of rotatable bonds is 7. The monoisotopic (exact) mass is 344 g/mol. The number of carboxylic acids is 1. The van der Waals surface area contributed by atoms with E-state index in [9.17, 15) is 13.6 Å². The van der Waals surface area contributed by atoms with Crippen molar-refractivity contribution in [2.75, 3.05) is 0 Å². The van der Waals surface area contributed by atoms with Gasteiger partial charge in [0.05, 0.1) is 6.61 Å².